The van der Waals surface area contributed by atoms with Crippen LogP contribution in [-0.2, 0) is 0 Å². The van der Waals surface area contributed by atoms with Crippen molar-refractivity contribution in [1.82, 2.24) is 4.90 Å². The predicted molar refractivity (Wildman–Crippen MR) is 60.3 cm³/mol. The van der Waals surface area contributed by atoms with Gasteiger partial charge in [-0.2, -0.15) is 13.2 Å². The smallest absolute Gasteiger partial charge is 0.324 e. The van der Waals surface area contributed by atoms with Crippen molar-refractivity contribution in [2.24, 2.45) is 5.73 Å². The Morgan fingerprint density at radius 2 is 1.69 bits per heavy atom. The van der Waals surface area contributed by atoms with Crippen LogP contribution in [0, 0.1) is 0 Å². The fraction of sp³-hybridized carbons (Fsp3) is 1.00. The molecule has 0 rings (SSSR count). The molecule has 0 aromatic rings. The van der Waals surface area contributed by atoms with Gasteiger partial charge in [-0.25, -0.2) is 0 Å². The molecule has 16 heavy (non-hydrogen) atoms. The van der Waals surface area contributed by atoms with Gasteiger partial charge in [0.1, 0.15) is 0 Å². The highest BCUT2D eigenvalue weighted by atomic mass is 19.4. The minimum atomic E-state index is -4.16. The first kappa shape index (κ1) is 15.7. The van der Waals surface area contributed by atoms with E-state index in [-0.39, 0.29) is 12.6 Å². The zero-order chi connectivity index (χ0) is 13.0. The van der Waals surface area contributed by atoms with E-state index in [9.17, 15) is 13.2 Å². The van der Waals surface area contributed by atoms with Crippen molar-refractivity contribution in [3.8, 4) is 0 Å². The van der Waals surface area contributed by atoms with Crippen LogP contribution in [0.15, 0.2) is 0 Å². The maximum Gasteiger partial charge on any atom is 0.401 e. The Labute approximate surface area is 96.0 Å². The highest BCUT2D eigenvalue weighted by molar-refractivity contribution is 4.84. The molecule has 0 spiro atoms. The second-order valence-electron chi connectivity index (χ2n) is 5.02. The molecule has 1 atom stereocenters. The summed E-state index contributed by atoms with van der Waals surface area (Å²) in [7, 11) is 0. The second kappa shape index (κ2) is 5.87. The third-order valence-corrected chi connectivity index (χ3v) is 2.50. The second-order valence-corrected chi connectivity index (χ2v) is 5.02. The zero-order valence-electron chi connectivity index (χ0n) is 10.6. The normalized spacial score (nSPS) is 16.9. The summed E-state index contributed by atoms with van der Waals surface area (Å²) in [5.74, 6) is 0. The minimum Gasteiger partial charge on any atom is -0.324 e. The van der Waals surface area contributed by atoms with Gasteiger partial charge in [0.25, 0.3) is 0 Å². The molecule has 0 aliphatic carbocycles. The average molecular weight is 240 g/mol. The van der Waals surface area contributed by atoms with Crippen molar-refractivity contribution in [2.75, 3.05) is 13.1 Å². The van der Waals surface area contributed by atoms with Crippen molar-refractivity contribution < 1.29 is 13.2 Å². The molecule has 0 radical (unpaired) electrons. The molecule has 0 aliphatic heterocycles. The summed E-state index contributed by atoms with van der Waals surface area (Å²) in [6.45, 7) is 6.69. The van der Waals surface area contributed by atoms with E-state index in [4.69, 9.17) is 5.73 Å². The molecule has 0 amide bonds. The lowest BCUT2D eigenvalue weighted by molar-refractivity contribution is -0.151. The average Bonchev–Trinajstić information content (AvgIpc) is 1.98. The highest BCUT2D eigenvalue weighted by Gasteiger charge is 2.34. The molecule has 0 saturated heterocycles. The fourth-order valence-corrected chi connectivity index (χ4v) is 1.77. The van der Waals surface area contributed by atoms with Gasteiger partial charge >= 0.3 is 6.18 Å². The lowest BCUT2D eigenvalue weighted by atomic mass is 9.96. The molecule has 0 aliphatic rings. The molecule has 0 bridgehead atoms. The molecular formula is C11H23F3N2. The van der Waals surface area contributed by atoms with Crippen LogP contribution in [0.1, 0.15) is 40.5 Å². The van der Waals surface area contributed by atoms with E-state index in [2.05, 4.69) is 0 Å². The van der Waals surface area contributed by atoms with Crippen LogP contribution in [0.4, 0.5) is 13.2 Å². The van der Waals surface area contributed by atoms with E-state index in [0.717, 1.165) is 12.8 Å². The molecule has 5 heteroatoms. The van der Waals surface area contributed by atoms with Gasteiger partial charge in [0.05, 0.1) is 6.54 Å². The first-order chi connectivity index (χ1) is 7.07. The Morgan fingerprint density at radius 3 is 2.00 bits per heavy atom. The number of rotatable bonds is 6. The SMILES string of the molecule is CCCC(C)(N)CN(CC(F)(F)F)C(C)C. The summed E-state index contributed by atoms with van der Waals surface area (Å²) in [6, 6.07) is -0.152. The molecule has 0 fully saturated rings. The number of nitrogens with zero attached hydrogens (tertiary/aromatic N) is 1. The maximum absolute atomic E-state index is 12.3. The molecular weight excluding hydrogens is 217 g/mol. The number of hydrogen-bond donors (Lipinski definition) is 1. The molecule has 2 nitrogen and oxygen atoms in total. The van der Waals surface area contributed by atoms with E-state index in [0.29, 0.717) is 0 Å². The molecule has 0 aromatic heterocycles. The van der Waals surface area contributed by atoms with Crippen molar-refractivity contribution in [3.63, 3.8) is 0 Å². The quantitative estimate of drug-likeness (QED) is 0.773. The minimum absolute atomic E-state index is 0.152. The Bertz CT molecular complexity index is 200. The van der Waals surface area contributed by atoms with Crippen molar-refractivity contribution >= 4 is 0 Å². The van der Waals surface area contributed by atoms with Crippen LogP contribution < -0.4 is 5.73 Å². The van der Waals surface area contributed by atoms with Gasteiger partial charge < -0.3 is 5.73 Å². The highest BCUT2D eigenvalue weighted by Crippen LogP contribution is 2.20. The van der Waals surface area contributed by atoms with Gasteiger partial charge in [-0.3, -0.25) is 4.90 Å². The summed E-state index contributed by atoms with van der Waals surface area (Å²) < 4.78 is 37.0. The molecule has 0 aromatic carbocycles. The van der Waals surface area contributed by atoms with E-state index in [1.807, 2.05) is 13.8 Å². The number of halogens is 3. The summed E-state index contributed by atoms with van der Waals surface area (Å²) in [4.78, 5) is 1.38. The number of hydrogen-bond acceptors (Lipinski definition) is 2. The van der Waals surface area contributed by atoms with Crippen LogP contribution in [-0.4, -0.2) is 35.7 Å². The van der Waals surface area contributed by atoms with Gasteiger partial charge in [0.15, 0.2) is 0 Å². The fourth-order valence-electron chi connectivity index (χ4n) is 1.77. The van der Waals surface area contributed by atoms with E-state index >= 15 is 0 Å². The first-order valence-electron chi connectivity index (χ1n) is 5.67. The molecule has 98 valence electrons. The lowest BCUT2D eigenvalue weighted by Gasteiger charge is -2.35. The van der Waals surface area contributed by atoms with E-state index in [1.54, 1.807) is 13.8 Å². The molecule has 1 unspecified atom stereocenters. The molecule has 2 N–H and O–H groups in total. The van der Waals surface area contributed by atoms with Crippen LogP contribution in [0.25, 0.3) is 0 Å². The van der Waals surface area contributed by atoms with Gasteiger partial charge in [-0.05, 0) is 27.2 Å². The Hall–Kier alpha value is -0.290. The third kappa shape index (κ3) is 7.06. The van der Waals surface area contributed by atoms with Gasteiger partial charge in [0.2, 0.25) is 0 Å². The van der Waals surface area contributed by atoms with Crippen LogP contribution in [0.5, 0.6) is 0 Å². The molecule has 0 saturated carbocycles. The topological polar surface area (TPSA) is 29.3 Å². The van der Waals surface area contributed by atoms with Crippen molar-refractivity contribution in [3.05, 3.63) is 0 Å². The summed E-state index contributed by atoms with van der Waals surface area (Å²) in [5, 5.41) is 0. The summed E-state index contributed by atoms with van der Waals surface area (Å²) >= 11 is 0. The first-order valence-corrected chi connectivity index (χ1v) is 5.67. The largest absolute Gasteiger partial charge is 0.401 e. The van der Waals surface area contributed by atoms with Crippen molar-refractivity contribution in [2.45, 2.75) is 58.3 Å². The Balaban J connectivity index is 4.45. The van der Waals surface area contributed by atoms with Gasteiger partial charge in [-0.1, -0.05) is 13.3 Å². The Kier molecular flexibility index (Phi) is 5.76. The standard InChI is InChI=1S/C11H23F3N2/c1-5-6-10(4,15)7-16(9(2)3)8-11(12,13)14/h9H,5-8,15H2,1-4H3. The third-order valence-electron chi connectivity index (χ3n) is 2.50. The zero-order valence-corrected chi connectivity index (χ0v) is 10.6. The van der Waals surface area contributed by atoms with Crippen LogP contribution >= 0.6 is 0 Å². The monoisotopic (exact) mass is 240 g/mol. The lowest BCUT2D eigenvalue weighted by Crippen LogP contribution is -2.52. The van der Waals surface area contributed by atoms with Crippen LogP contribution in [0.3, 0.4) is 0 Å². The molecule has 0 heterocycles. The van der Waals surface area contributed by atoms with Gasteiger partial charge in [-0.15, -0.1) is 0 Å². The number of nitrogens with two attached hydrogens (primary N) is 1. The summed E-state index contributed by atoms with van der Waals surface area (Å²) in [5.41, 5.74) is 5.42. The summed E-state index contributed by atoms with van der Waals surface area (Å²) in [6.07, 6.45) is -2.55. The number of alkyl halides is 3. The predicted octanol–water partition coefficient (Wildman–Crippen LogP) is 2.78. The van der Waals surface area contributed by atoms with Gasteiger partial charge in [0, 0.05) is 18.1 Å². The Morgan fingerprint density at radius 1 is 1.19 bits per heavy atom. The maximum atomic E-state index is 12.3. The van der Waals surface area contributed by atoms with Crippen molar-refractivity contribution in [1.29, 1.82) is 0 Å². The van der Waals surface area contributed by atoms with Crippen LogP contribution in [0.2, 0.25) is 0 Å². The van der Waals surface area contributed by atoms with E-state index < -0.39 is 18.3 Å². The van der Waals surface area contributed by atoms with E-state index in [1.165, 1.54) is 4.90 Å².